The van der Waals surface area contributed by atoms with Gasteiger partial charge in [0.05, 0.1) is 0 Å². The Labute approximate surface area is 97.1 Å². The molecular weight excluding hydrogens is 210 g/mol. The summed E-state index contributed by atoms with van der Waals surface area (Å²) >= 11 is 0. The van der Waals surface area contributed by atoms with Gasteiger partial charge in [0.1, 0.15) is 5.82 Å². The van der Waals surface area contributed by atoms with Crippen molar-refractivity contribution in [2.75, 3.05) is 13.1 Å². The van der Waals surface area contributed by atoms with E-state index in [2.05, 4.69) is 28.3 Å². The molecule has 1 aromatic heterocycles. The van der Waals surface area contributed by atoms with Crippen LogP contribution < -0.4 is 5.32 Å². The molecule has 0 radical (unpaired) electrons. The van der Waals surface area contributed by atoms with E-state index in [1.807, 2.05) is 6.20 Å². The molecule has 1 aliphatic rings. The first-order valence-corrected chi connectivity index (χ1v) is 5.42. The van der Waals surface area contributed by atoms with Crippen molar-refractivity contribution in [3.8, 4) is 0 Å². The van der Waals surface area contributed by atoms with Crippen LogP contribution in [-0.2, 0) is 6.42 Å². The number of hydrogen-bond acceptors (Lipinski definition) is 3. The Morgan fingerprint density at radius 2 is 2.40 bits per heavy atom. The molecule has 15 heavy (non-hydrogen) atoms. The number of rotatable bonds is 2. The number of nitrogens with zero attached hydrogens (tertiary/aromatic N) is 2. The zero-order chi connectivity index (χ0) is 9.80. The quantitative estimate of drug-likeness (QED) is 0.839. The van der Waals surface area contributed by atoms with Crippen LogP contribution in [0.3, 0.4) is 0 Å². The number of halogens is 1. The molecule has 0 saturated carbocycles. The Morgan fingerprint density at radius 1 is 1.53 bits per heavy atom. The molecule has 0 aromatic carbocycles. The summed E-state index contributed by atoms with van der Waals surface area (Å²) in [6.07, 6.45) is 5.33. The van der Waals surface area contributed by atoms with E-state index in [1.165, 1.54) is 18.5 Å². The lowest BCUT2D eigenvalue weighted by Gasteiger charge is -2.22. The molecule has 0 spiro atoms. The monoisotopic (exact) mass is 227 g/mol. The summed E-state index contributed by atoms with van der Waals surface area (Å²) in [6.45, 7) is 4.32. The Hall–Kier alpha value is -0.670. The summed E-state index contributed by atoms with van der Waals surface area (Å²) in [5, 5.41) is 3.41. The van der Waals surface area contributed by atoms with Crippen LogP contribution in [0.5, 0.6) is 0 Å². The maximum atomic E-state index is 4.56. The van der Waals surface area contributed by atoms with Crippen molar-refractivity contribution in [2.24, 2.45) is 0 Å². The van der Waals surface area contributed by atoms with Crippen molar-refractivity contribution in [2.45, 2.75) is 32.1 Å². The Bertz CT molecular complexity index is 298. The van der Waals surface area contributed by atoms with E-state index in [9.17, 15) is 0 Å². The molecule has 84 valence electrons. The van der Waals surface area contributed by atoms with Crippen LogP contribution in [-0.4, -0.2) is 23.1 Å². The zero-order valence-electron chi connectivity index (χ0n) is 9.07. The van der Waals surface area contributed by atoms with Crippen LogP contribution in [0.15, 0.2) is 12.3 Å². The molecule has 1 fully saturated rings. The third-order valence-electron chi connectivity index (χ3n) is 2.76. The molecule has 0 bridgehead atoms. The van der Waals surface area contributed by atoms with Gasteiger partial charge in [-0.1, -0.05) is 6.92 Å². The van der Waals surface area contributed by atoms with Gasteiger partial charge in [-0.05, 0) is 25.5 Å². The molecule has 1 atom stereocenters. The van der Waals surface area contributed by atoms with Gasteiger partial charge < -0.3 is 5.32 Å². The third-order valence-corrected chi connectivity index (χ3v) is 2.76. The van der Waals surface area contributed by atoms with Gasteiger partial charge in [0.2, 0.25) is 0 Å². The second-order valence-corrected chi connectivity index (χ2v) is 3.79. The van der Waals surface area contributed by atoms with Crippen LogP contribution in [0.4, 0.5) is 0 Å². The fourth-order valence-electron chi connectivity index (χ4n) is 1.92. The van der Waals surface area contributed by atoms with Crippen LogP contribution in [0.1, 0.15) is 37.2 Å². The average molecular weight is 228 g/mol. The molecule has 1 aromatic rings. The van der Waals surface area contributed by atoms with Crippen molar-refractivity contribution in [1.82, 2.24) is 15.3 Å². The van der Waals surface area contributed by atoms with E-state index in [-0.39, 0.29) is 12.4 Å². The van der Waals surface area contributed by atoms with Gasteiger partial charge >= 0.3 is 0 Å². The Kier molecular flexibility index (Phi) is 4.99. The van der Waals surface area contributed by atoms with Crippen LogP contribution in [0.25, 0.3) is 0 Å². The molecule has 0 aliphatic carbocycles. The molecule has 2 heterocycles. The van der Waals surface area contributed by atoms with Gasteiger partial charge in [-0.3, -0.25) is 0 Å². The molecule has 4 heteroatoms. The summed E-state index contributed by atoms with van der Waals surface area (Å²) in [4.78, 5) is 8.78. The van der Waals surface area contributed by atoms with Gasteiger partial charge in [-0.2, -0.15) is 0 Å². The number of hydrogen-bond donors (Lipinski definition) is 1. The Balaban J connectivity index is 0.00000112. The zero-order valence-corrected chi connectivity index (χ0v) is 9.89. The minimum absolute atomic E-state index is 0. The minimum atomic E-state index is 0. The largest absolute Gasteiger partial charge is 0.316 e. The smallest absolute Gasteiger partial charge is 0.128 e. The van der Waals surface area contributed by atoms with Crippen LogP contribution in [0, 0.1) is 0 Å². The molecule has 3 nitrogen and oxygen atoms in total. The molecule has 1 saturated heterocycles. The predicted octanol–water partition coefficient (Wildman–Crippen LogP) is 1.93. The third kappa shape index (κ3) is 3.14. The SMILES string of the molecule is CCc1nccc(C2CCCNC2)n1.Cl. The highest BCUT2D eigenvalue weighted by Crippen LogP contribution is 2.20. The van der Waals surface area contributed by atoms with E-state index in [1.54, 1.807) is 0 Å². The summed E-state index contributed by atoms with van der Waals surface area (Å²) in [6, 6.07) is 2.05. The fourth-order valence-corrected chi connectivity index (χ4v) is 1.92. The topological polar surface area (TPSA) is 37.8 Å². The van der Waals surface area contributed by atoms with E-state index >= 15 is 0 Å². The van der Waals surface area contributed by atoms with Crippen molar-refractivity contribution in [1.29, 1.82) is 0 Å². The highest BCUT2D eigenvalue weighted by atomic mass is 35.5. The normalized spacial score (nSPS) is 20.7. The lowest BCUT2D eigenvalue weighted by Crippen LogP contribution is -2.29. The number of nitrogens with one attached hydrogen (secondary N) is 1. The van der Waals surface area contributed by atoms with E-state index in [4.69, 9.17) is 0 Å². The second-order valence-electron chi connectivity index (χ2n) is 3.79. The lowest BCUT2D eigenvalue weighted by atomic mass is 9.96. The molecule has 1 aliphatic heterocycles. The summed E-state index contributed by atoms with van der Waals surface area (Å²) in [7, 11) is 0. The molecule has 1 unspecified atom stereocenters. The van der Waals surface area contributed by atoms with E-state index in [0.29, 0.717) is 5.92 Å². The minimum Gasteiger partial charge on any atom is -0.316 e. The number of piperidine rings is 1. The predicted molar refractivity (Wildman–Crippen MR) is 63.5 cm³/mol. The van der Waals surface area contributed by atoms with Crippen molar-refractivity contribution in [3.63, 3.8) is 0 Å². The van der Waals surface area contributed by atoms with Gasteiger partial charge in [0.25, 0.3) is 0 Å². The maximum absolute atomic E-state index is 4.56. The van der Waals surface area contributed by atoms with Crippen LogP contribution >= 0.6 is 12.4 Å². The average Bonchev–Trinajstić information content (AvgIpc) is 2.30. The molecule has 1 N–H and O–H groups in total. The van der Waals surface area contributed by atoms with Gasteiger partial charge in [0.15, 0.2) is 0 Å². The fraction of sp³-hybridized carbons (Fsp3) is 0.636. The van der Waals surface area contributed by atoms with Gasteiger partial charge in [-0.25, -0.2) is 9.97 Å². The first-order chi connectivity index (χ1) is 6.90. The second kappa shape index (κ2) is 6.03. The highest BCUT2D eigenvalue weighted by Gasteiger charge is 2.16. The highest BCUT2D eigenvalue weighted by molar-refractivity contribution is 5.85. The van der Waals surface area contributed by atoms with Gasteiger partial charge in [0, 0.05) is 30.8 Å². The van der Waals surface area contributed by atoms with E-state index < -0.39 is 0 Å². The first kappa shape index (κ1) is 12.4. The standard InChI is InChI=1S/C11H17N3.ClH/c1-2-11-13-7-5-10(14-11)9-4-3-6-12-8-9;/h5,7,9,12H,2-4,6,8H2,1H3;1H. The van der Waals surface area contributed by atoms with Crippen LogP contribution in [0.2, 0.25) is 0 Å². The summed E-state index contributed by atoms with van der Waals surface area (Å²) < 4.78 is 0. The van der Waals surface area contributed by atoms with E-state index in [0.717, 1.165) is 25.3 Å². The van der Waals surface area contributed by atoms with Crippen molar-refractivity contribution < 1.29 is 0 Å². The Morgan fingerprint density at radius 3 is 3.07 bits per heavy atom. The molecular formula is C11H18ClN3. The van der Waals surface area contributed by atoms with Crippen molar-refractivity contribution in [3.05, 3.63) is 23.8 Å². The first-order valence-electron chi connectivity index (χ1n) is 5.42. The van der Waals surface area contributed by atoms with Gasteiger partial charge in [-0.15, -0.1) is 12.4 Å². The summed E-state index contributed by atoms with van der Waals surface area (Å²) in [5.74, 6) is 1.56. The maximum Gasteiger partial charge on any atom is 0.128 e. The van der Waals surface area contributed by atoms with Crippen molar-refractivity contribution >= 4 is 12.4 Å². The molecule has 0 amide bonds. The summed E-state index contributed by atoms with van der Waals surface area (Å²) in [5.41, 5.74) is 1.21. The lowest BCUT2D eigenvalue weighted by molar-refractivity contribution is 0.453. The number of aryl methyl sites for hydroxylation is 1. The number of aromatic nitrogens is 2. The molecule has 2 rings (SSSR count).